The number of hydrogen-bond acceptors (Lipinski definition) is 3. The zero-order valence-corrected chi connectivity index (χ0v) is 10.7. The topological polar surface area (TPSA) is 64.9 Å². The third-order valence-electron chi connectivity index (χ3n) is 3.88. The van der Waals surface area contributed by atoms with Crippen molar-refractivity contribution in [3.05, 3.63) is 29.8 Å². The summed E-state index contributed by atoms with van der Waals surface area (Å²) in [6.45, 7) is 0.551. The van der Waals surface area contributed by atoms with Crippen LogP contribution in [0.1, 0.15) is 31.2 Å². The molecule has 1 aromatic rings. The highest BCUT2D eigenvalue weighted by Gasteiger charge is 2.28. The van der Waals surface area contributed by atoms with E-state index in [1.54, 1.807) is 4.90 Å². The molecule has 0 unspecified atom stereocenters. The Bertz CT molecular complexity index is 523. The predicted molar refractivity (Wildman–Crippen MR) is 72.9 cm³/mol. The monoisotopic (exact) mass is 259 g/mol. The maximum absolute atomic E-state index is 12.3. The van der Waals surface area contributed by atoms with Gasteiger partial charge in [0.05, 0.1) is 11.4 Å². The molecular weight excluding hydrogens is 242 g/mol. The minimum absolute atomic E-state index is 0.0471. The Morgan fingerprint density at radius 1 is 1.37 bits per heavy atom. The number of fused-ring (bicyclic) bond motifs is 1. The van der Waals surface area contributed by atoms with Gasteiger partial charge in [-0.15, -0.1) is 0 Å². The van der Waals surface area contributed by atoms with Crippen molar-refractivity contribution in [1.82, 2.24) is 5.32 Å². The van der Waals surface area contributed by atoms with Gasteiger partial charge >= 0.3 is 6.03 Å². The number of urea groups is 1. The standard InChI is InChI=1S/C14H17N3O2/c18-14(15-10-4-3-5-10)17-9-8-12(16-19)11-6-1-2-7-13(11)17/h1-2,6-7,10,19H,3-5,8-9H2,(H,15,18)/b16-12-. The highest BCUT2D eigenvalue weighted by molar-refractivity contribution is 6.10. The molecule has 19 heavy (non-hydrogen) atoms. The molecule has 1 aliphatic heterocycles. The molecule has 100 valence electrons. The van der Waals surface area contributed by atoms with E-state index in [1.807, 2.05) is 24.3 Å². The van der Waals surface area contributed by atoms with E-state index in [1.165, 1.54) is 6.42 Å². The van der Waals surface area contributed by atoms with Gasteiger partial charge in [-0.2, -0.15) is 0 Å². The minimum atomic E-state index is -0.0471. The Morgan fingerprint density at radius 2 is 2.16 bits per heavy atom. The van der Waals surface area contributed by atoms with Gasteiger partial charge in [0.1, 0.15) is 0 Å². The van der Waals surface area contributed by atoms with Crippen molar-refractivity contribution in [3.8, 4) is 0 Å². The van der Waals surface area contributed by atoms with Gasteiger partial charge in [-0.1, -0.05) is 23.4 Å². The second-order valence-corrected chi connectivity index (χ2v) is 5.04. The van der Waals surface area contributed by atoms with Crippen molar-refractivity contribution < 1.29 is 10.0 Å². The van der Waals surface area contributed by atoms with E-state index in [2.05, 4.69) is 10.5 Å². The molecule has 0 saturated heterocycles. The summed E-state index contributed by atoms with van der Waals surface area (Å²) >= 11 is 0. The molecule has 2 aliphatic rings. The van der Waals surface area contributed by atoms with Crippen LogP contribution in [0.5, 0.6) is 0 Å². The van der Waals surface area contributed by atoms with Crippen LogP contribution in [0.25, 0.3) is 0 Å². The van der Waals surface area contributed by atoms with E-state index < -0.39 is 0 Å². The van der Waals surface area contributed by atoms with Gasteiger partial charge in [-0.25, -0.2) is 4.79 Å². The van der Waals surface area contributed by atoms with Crippen molar-refractivity contribution in [2.75, 3.05) is 11.4 Å². The third-order valence-corrected chi connectivity index (χ3v) is 3.88. The van der Waals surface area contributed by atoms with Gasteiger partial charge in [0, 0.05) is 24.6 Å². The first-order valence-electron chi connectivity index (χ1n) is 6.68. The lowest BCUT2D eigenvalue weighted by Crippen LogP contribution is -2.49. The average molecular weight is 259 g/mol. The fraction of sp³-hybridized carbons (Fsp3) is 0.429. The first-order valence-corrected chi connectivity index (χ1v) is 6.68. The molecule has 1 saturated carbocycles. The van der Waals surface area contributed by atoms with Crippen molar-refractivity contribution in [1.29, 1.82) is 0 Å². The lowest BCUT2D eigenvalue weighted by molar-refractivity contribution is 0.234. The van der Waals surface area contributed by atoms with E-state index >= 15 is 0 Å². The molecule has 0 radical (unpaired) electrons. The lowest BCUT2D eigenvalue weighted by Gasteiger charge is -2.33. The quantitative estimate of drug-likeness (QED) is 0.600. The number of amides is 2. The summed E-state index contributed by atoms with van der Waals surface area (Å²) in [5, 5.41) is 15.4. The van der Waals surface area contributed by atoms with Crippen LogP contribution in [0, 0.1) is 0 Å². The molecule has 2 N–H and O–H groups in total. The van der Waals surface area contributed by atoms with Crippen LogP contribution in [-0.4, -0.2) is 29.5 Å². The van der Waals surface area contributed by atoms with Gasteiger partial charge < -0.3 is 10.5 Å². The number of benzene rings is 1. The largest absolute Gasteiger partial charge is 0.411 e. The summed E-state index contributed by atoms with van der Waals surface area (Å²) in [4.78, 5) is 14.0. The minimum Gasteiger partial charge on any atom is -0.411 e. The van der Waals surface area contributed by atoms with E-state index in [4.69, 9.17) is 5.21 Å². The first-order chi connectivity index (χ1) is 9.29. The maximum atomic E-state index is 12.3. The van der Waals surface area contributed by atoms with E-state index in [-0.39, 0.29) is 6.03 Å². The molecule has 1 aliphatic carbocycles. The molecule has 0 bridgehead atoms. The zero-order chi connectivity index (χ0) is 13.2. The van der Waals surface area contributed by atoms with Gasteiger partial charge in [0.15, 0.2) is 0 Å². The van der Waals surface area contributed by atoms with Crippen LogP contribution < -0.4 is 10.2 Å². The Morgan fingerprint density at radius 3 is 2.84 bits per heavy atom. The molecule has 0 aromatic heterocycles. The predicted octanol–water partition coefficient (Wildman–Crippen LogP) is 2.34. The number of anilines is 1. The molecule has 0 atom stereocenters. The van der Waals surface area contributed by atoms with Crippen LogP contribution in [0.3, 0.4) is 0 Å². The molecule has 1 aromatic carbocycles. The molecule has 3 rings (SSSR count). The second kappa shape index (κ2) is 4.91. The summed E-state index contributed by atoms with van der Waals surface area (Å²) in [7, 11) is 0. The third kappa shape index (κ3) is 2.16. The van der Waals surface area contributed by atoms with Gasteiger partial charge in [0.2, 0.25) is 0 Å². The average Bonchev–Trinajstić information content (AvgIpc) is 2.41. The van der Waals surface area contributed by atoms with Crippen molar-refractivity contribution in [2.45, 2.75) is 31.7 Å². The van der Waals surface area contributed by atoms with Crippen LogP contribution in [0.2, 0.25) is 0 Å². The Balaban J connectivity index is 1.85. The Kier molecular flexibility index (Phi) is 3.11. The van der Waals surface area contributed by atoms with Crippen molar-refractivity contribution in [3.63, 3.8) is 0 Å². The summed E-state index contributed by atoms with van der Waals surface area (Å²) in [5.41, 5.74) is 2.29. The molecular formula is C14H17N3O2. The summed E-state index contributed by atoms with van der Waals surface area (Å²) in [5.74, 6) is 0. The number of nitrogens with zero attached hydrogens (tertiary/aromatic N) is 2. The molecule has 2 amide bonds. The first kappa shape index (κ1) is 12.0. The molecule has 1 heterocycles. The fourth-order valence-electron chi connectivity index (χ4n) is 2.55. The zero-order valence-electron chi connectivity index (χ0n) is 10.7. The SMILES string of the molecule is O=C(NC1CCC1)N1CC/C(=N/O)c2ccccc21. The summed E-state index contributed by atoms with van der Waals surface area (Å²) in [6.07, 6.45) is 3.92. The normalized spacial score (nSPS) is 20.8. The van der Waals surface area contributed by atoms with Gasteiger partial charge in [-0.05, 0) is 25.3 Å². The number of oxime groups is 1. The number of hydrogen-bond donors (Lipinski definition) is 2. The number of nitrogens with one attached hydrogen (secondary N) is 1. The van der Waals surface area contributed by atoms with Crippen molar-refractivity contribution in [2.24, 2.45) is 5.16 Å². The molecule has 0 spiro atoms. The Labute approximate surface area is 111 Å². The number of para-hydroxylation sites is 1. The van der Waals surface area contributed by atoms with Crippen molar-refractivity contribution >= 4 is 17.4 Å². The van der Waals surface area contributed by atoms with Crippen LogP contribution in [0.15, 0.2) is 29.4 Å². The maximum Gasteiger partial charge on any atom is 0.322 e. The number of carbonyl (C=O) groups excluding carboxylic acids is 1. The molecule has 5 nitrogen and oxygen atoms in total. The molecule has 1 fully saturated rings. The summed E-state index contributed by atoms with van der Waals surface area (Å²) < 4.78 is 0. The van der Waals surface area contributed by atoms with Gasteiger partial charge in [-0.3, -0.25) is 4.90 Å². The smallest absolute Gasteiger partial charge is 0.322 e. The van der Waals surface area contributed by atoms with Crippen LogP contribution in [-0.2, 0) is 0 Å². The number of rotatable bonds is 1. The van der Waals surface area contributed by atoms with Crippen LogP contribution >= 0.6 is 0 Å². The summed E-state index contributed by atoms with van der Waals surface area (Å²) in [6, 6.07) is 7.83. The van der Waals surface area contributed by atoms with E-state index in [0.717, 1.165) is 24.1 Å². The van der Waals surface area contributed by atoms with E-state index in [0.29, 0.717) is 24.7 Å². The Hall–Kier alpha value is -2.04. The second-order valence-electron chi connectivity index (χ2n) is 5.04. The highest BCUT2D eigenvalue weighted by Crippen LogP contribution is 2.28. The fourth-order valence-corrected chi connectivity index (χ4v) is 2.55. The lowest BCUT2D eigenvalue weighted by atomic mass is 9.93. The highest BCUT2D eigenvalue weighted by atomic mass is 16.4. The van der Waals surface area contributed by atoms with E-state index in [9.17, 15) is 4.79 Å². The van der Waals surface area contributed by atoms with Gasteiger partial charge in [0.25, 0.3) is 0 Å². The van der Waals surface area contributed by atoms with Crippen LogP contribution in [0.4, 0.5) is 10.5 Å². The number of carbonyl (C=O) groups is 1. The molecule has 5 heteroatoms.